The molecule has 2 rings (SSSR count). The number of pyridine rings is 1. The molecule has 0 aliphatic carbocycles. The van der Waals surface area contributed by atoms with Crippen LogP contribution in [-0.2, 0) is 4.79 Å². The topological polar surface area (TPSA) is 60.5 Å². The van der Waals surface area contributed by atoms with Crippen LogP contribution in [0.1, 0.15) is 24.2 Å². The van der Waals surface area contributed by atoms with E-state index in [2.05, 4.69) is 10.3 Å². The van der Waals surface area contributed by atoms with Crippen LogP contribution in [0.2, 0.25) is 5.02 Å². The maximum atomic E-state index is 12.0. The summed E-state index contributed by atoms with van der Waals surface area (Å²) in [5, 5.41) is 3.27. The molecule has 5 nitrogen and oxygen atoms in total. The van der Waals surface area contributed by atoms with E-state index in [4.69, 9.17) is 21.1 Å². The van der Waals surface area contributed by atoms with E-state index < -0.39 is 0 Å². The quantitative estimate of drug-likeness (QED) is 0.811. The SMILES string of the molecule is COc1cc(/C=C/C(=O)NC(C)c2ccccn2)cc(Cl)c1OC. The maximum Gasteiger partial charge on any atom is 0.244 e. The van der Waals surface area contributed by atoms with Crippen LogP contribution in [0, 0.1) is 0 Å². The lowest BCUT2D eigenvalue weighted by molar-refractivity contribution is -0.117. The summed E-state index contributed by atoms with van der Waals surface area (Å²) in [6.07, 6.45) is 4.80. The highest BCUT2D eigenvalue weighted by Crippen LogP contribution is 2.36. The molecule has 0 saturated carbocycles. The van der Waals surface area contributed by atoms with Gasteiger partial charge >= 0.3 is 0 Å². The van der Waals surface area contributed by atoms with Crippen LogP contribution in [0.4, 0.5) is 0 Å². The van der Waals surface area contributed by atoms with Crippen molar-refractivity contribution in [1.29, 1.82) is 0 Å². The van der Waals surface area contributed by atoms with Gasteiger partial charge in [0.05, 0.1) is 31.0 Å². The summed E-state index contributed by atoms with van der Waals surface area (Å²) < 4.78 is 10.4. The largest absolute Gasteiger partial charge is 0.493 e. The van der Waals surface area contributed by atoms with Gasteiger partial charge in [0, 0.05) is 12.3 Å². The van der Waals surface area contributed by atoms with Crippen LogP contribution in [0.15, 0.2) is 42.6 Å². The maximum absolute atomic E-state index is 12.0. The zero-order valence-corrected chi connectivity index (χ0v) is 14.5. The first kappa shape index (κ1) is 17.8. The minimum atomic E-state index is -0.223. The summed E-state index contributed by atoms with van der Waals surface area (Å²) in [6.45, 7) is 1.88. The lowest BCUT2D eigenvalue weighted by Crippen LogP contribution is -2.25. The Kier molecular flexibility index (Phi) is 6.21. The zero-order valence-electron chi connectivity index (χ0n) is 13.7. The fourth-order valence-corrected chi connectivity index (χ4v) is 2.47. The summed E-state index contributed by atoms with van der Waals surface area (Å²) in [5.74, 6) is 0.746. The molecule has 0 fully saturated rings. The molecule has 1 unspecified atom stereocenters. The summed E-state index contributed by atoms with van der Waals surface area (Å²) in [6, 6.07) is 8.84. The third-order valence-corrected chi connectivity index (χ3v) is 3.65. The van der Waals surface area contributed by atoms with Crippen molar-refractivity contribution in [2.24, 2.45) is 0 Å². The first-order chi connectivity index (χ1) is 11.5. The van der Waals surface area contributed by atoms with Gasteiger partial charge in [0.1, 0.15) is 0 Å². The highest BCUT2D eigenvalue weighted by Gasteiger charge is 2.11. The van der Waals surface area contributed by atoms with Gasteiger partial charge in [-0.25, -0.2) is 0 Å². The predicted molar refractivity (Wildman–Crippen MR) is 94.4 cm³/mol. The number of aromatic nitrogens is 1. The second kappa shape index (κ2) is 8.36. The standard InChI is InChI=1S/C18H19ClN2O3/c1-12(15-6-4-5-9-20-15)21-17(22)8-7-13-10-14(19)18(24-3)16(11-13)23-2/h4-12H,1-3H3,(H,21,22)/b8-7+. The number of nitrogens with zero attached hydrogens (tertiary/aromatic N) is 1. The van der Waals surface area contributed by atoms with Crippen molar-refractivity contribution >= 4 is 23.6 Å². The van der Waals surface area contributed by atoms with Gasteiger partial charge in [0.15, 0.2) is 11.5 Å². The van der Waals surface area contributed by atoms with Crippen LogP contribution in [0.3, 0.4) is 0 Å². The molecular weight excluding hydrogens is 328 g/mol. The molecule has 0 saturated heterocycles. The number of methoxy groups -OCH3 is 2. The monoisotopic (exact) mass is 346 g/mol. The highest BCUT2D eigenvalue weighted by molar-refractivity contribution is 6.32. The van der Waals surface area contributed by atoms with Gasteiger partial charge in [-0.1, -0.05) is 17.7 Å². The summed E-state index contributed by atoms with van der Waals surface area (Å²) in [4.78, 5) is 16.3. The van der Waals surface area contributed by atoms with E-state index in [0.717, 1.165) is 11.3 Å². The number of hydrogen-bond donors (Lipinski definition) is 1. The average Bonchev–Trinajstić information content (AvgIpc) is 2.60. The van der Waals surface area contributed by atoms with E-state index in [-0.39, 0.29) is 11.9 Å². The highest BCUT2D eigenvalue weighted by atomic mass is 35.5. The Morgan fingerprint density at radius 1 is 1.29 bits per heavy atom. The number of carbonyl (C=O) groups excluding carboxylic acids is 1. The Morgan fingerprint density at radius 3 is 2.71 bits per heavy atom. The molecule has 0 spiro atoms. The van der Waals surface area contributed by atoms with Crippen molar-refractivity contribution in [3.63, 3.8) is 0 Å². The number of ether oxygens (including phenoxy) is 2. The van der Waals surface area contributed by atoms with Gasteiger partial charge in [0.25, 0.3) is 0 Å². The number of rotatable bonds is 6. The normalized spacial score (nSPS) is 12.0. The van der Waals surface area contributed by atoms with Crippen molar-refractivity contribution < 1.29 is 14.3 Å². The van der Waals surface area contributed by atoms with E-state index in [1.165, 1.54) is 20.3 Å². The fourth-order valence-electron chi connectivity index (χ4n) is 2.17. The Hall–Kier alpha value is -2.53. The molecule has 0 radical (unpaired) electrons. The van der Waals surface area contributed by atoms with E-state index in [1.54, 1.807) is 24.4 Å². The number of hydrogen-bond acceptors (Lipinski definition) is 4. The molecule has 126 valence electrons. The molecule has 0 aliphatic rings. The van der Waals surface area contributed by atoms with Gasteiger partial charge in [-0.2, -0.15) is 0 Å². The molecule has 1 atom stereocenters. The number of carbonyl (C=O) groups is 1. The molecule has 1 N–H and O–H groups in total. The Labute approximate surface area is 146 Å². The molecule has 1 heterocycles. The lowest BCUT2D eigenvalue weighted by Gasteiger charge is -2.12. The number of amides is 1. The molecule has 0 bridgehead atoms. The van der Waals surface area contributed by atoms with Gasteiger partial charge in [0.2, 0.25) is 5.91 Å². The number of benzene rings is 1. The third-order valence-electron chi connectivity index (χ3n) is 3.37. The van der Waals surface area contributed by atoms with Crippen molar-refractivity contribution in [2.75, 3.05) is 14.2 Å². The summed E-state index contributed by atoms with van der Waals surface area (Å²) >= 11 is 6.15. The molecular formula is C18H19ClN2O3. The zero-order chi connectivity index (χ0) is 17.5. The molecule has 24 heavy (non-hydrogen) atoms. The second-order valence-electron chi connectivity index (χ2n) is 5.06. The van der Waals surface area contributed by atoms with Gasteiger partial charge in [-0.05, 0) is 42.8 Å². The van der Waals surface area contributed by atoms with Crippen LogP contribution in [0.5, 0.6) is 11.5 Å². The fraction of sp³-hybridized carbons (Fsp3) is 0.222. The van der Waals surface area contributed by atoms with Gasteiger partial charge < -0.3 is 14.8 Å². The molecule has 1 aromatic heterocycles. The first-order valence-corrected chi connectivity index (χ1v) is 7.74. The van der Waals surface area contributed by atoms with Crippen molar-refractivity contribution in [1.82, 2.24) is 10.3 Å². The molecule has 2 aromatic rings. The molecule has 0 aliphatic heterocycles. The predicted octanol–water partition coefficient (Wildman–Crippen LogP) is 3.64. The Morgan fingerprint density at radius 2 is 2.08 bits per heavy atom. The third kappa shape index (κ3) is 4.49. The average molecular weight is 347 g/mol. The summed E-state index contributed by atoms with van der Waals surface area (Å²) in [7, 11) is 3.05. The van der Waals surface area contributed by atoms with E-state index >= 15 is 0 Å². The minimum Gasteiger partial charge on any atom is -0.493 e. The van der Waals surface area contributed by atoms with Crippen molar-refractivity contribution in [3.05, 3.63) is 58.9 Å². The van der Waals surface area contributed by atoms with Crippen LogP contribution in [-0.4, -0.2) is 25.1 Å². The van der Waals surface area contributed by atoms with Gasteiger partial charge in [-0.3, -0.25) is 9.78 Å². The van der Waals surface area contributed by atoms with Gasteiger partial charge in [-0.15, -0.1) is 0 Å². The van der Waals surface area contributed by atoms with E-state index in [0.29, 0.717) is 16.5 Å². The number of halogens is 1. The molecule has 1 amide bonds. The smallest absolute Gasteiger partial charge is 0.244 e. The summed E-state index contributed by atoms with van der Waals surface area (Å²) in [5.41, 5.74) is 1.53. The lowest BCUT2D eigenvalue weighted by atomic mass is 10.1. The van der Waals surface area contributed by atoms with E-state index in [9.17, 15) is 4.79 Å². The Balaban J connectivity index is 2.07. The van der Waals surface area contributed by atoms with Crippen LogP contribution in [0.25, 0.3) is 6.08 Å². The van der Waals surface area contributed by atoms with Crippen LogP contribution >= 0.6 is 11.6 Å². The minimum absolute atomic E-state index is 0.183. The number of nitrogens with one attached hydrogen (secondary N) is 1. The van der Waals surface area contributed by atoms with Crippen LogP contribution < -0.4 is 14.8 Å². The van der Waals surface area contributed by atoms with E-state index in [1.807, 2.05) is 25.1 Å². The first-order valence-electron chi connectivity index (χ1n) is 7.36. The van der Waals surface area contributed by atoms with Crippen molar-refractivity contribution in [3.8, 4) is 11.5 Å². The Bertz CT molecular complexity index is 733. The molecule has 6 heteroatoms. The molecule has 1 aromatic carbocycles. The second-order valence-corrected chi connectivity index (χ2v) is 5.46. The van der Waals surface area contributed by atoms with Crippen molar-refractivity contribution in [2.45, 2.75) is 13.0 Å².